The monoisotopic (exact) mass is 270 g/mol. The zero-order valence-electron chi connectivity index (χ0n) is 12.0. The average molecular weight is 270 g/mol. The van der Waals surface area contributed by atoms with E-state index in [2.05, 4.69) is 13.2 Å². The van der Waals surface area contributed by atoms with Gasteiger partial charge in [-0.15, -0.1) is 0 Å². The third kappa shape index (κ3) is 3.06. The van der Waals surface area contributed by atoms with E-state index in [1.54, 1.807) is 0 Å². The maximum Gasteiger partial charge on any atom is 0.159 e. The molecule has 2 rings (SSSR count). The highest BCUT2D eigenvalue weighted by Crippen LogP contribution is 2.30. The van der Waals surface area contributed by atoms with E-state index in [1.165, 1.54) is 0 Å². The summed E-state index contributed by atoms with van der Waals surface area (Å²) in [5.74, 6) is 0.561. The Hall–Kier alpha value is -1.70. The minimum absolute atomic E-state index is 0.280. The molecule has 0 aliphatic heterocycles. The van der Waals surface area contributed by atoms with Crippen LogP contribution in [0.3, 0.4) is 0 Å². The Kier molecular flexibility index (Phi) is 4.89. The Balaban J connectivity index is 1.85. The third-order valence-corrected chi connectivity index (χ3v) is 4.29. The molecule has 2 aliphatic rings. The van der Waals surface area contributed by atoms with Gasteiger partial charge in [0.15, 0.2) is 11.6 Å². The summed E-state index contributed by atoms with van der Waals surface area (Å²) in [5, 5.41) is 0. The summed E-state index contributed by atoms with van der Waals surface area (Å²) >= 11 is 0. The van der Waals surface area contributed by atoms with Gasteiger partial charge >= 0.3 is 0 Å². The molecule has 0 aromatic carbocycles. The molecular weight excluding hydrogens is 248 g/mol. The van der Waals surface area contributed by atoms with Crippen LogP contribution in [-0.2, 0) is 9.59 Å². The Morgan fingerprint density at radius 2 is 1.15 bits per heavy atom. The van der Waals surface area contributed by atoms with Gasteiger partial charge in [-0.3, -0.25) is 9.59 Å². The van der Waals surface area contributed by atoms with Gasteiger partial charge in [0, 0.05) is 12.8 Å². The predicted molar refractivity (Wildman–Crippen MR) is 81.4 cm³/mol. The molecule has 0 aromatic rings. The first-order valence-electron chi connectivity index (χ1n) is 7.42. The first-order chi connectivity index (χ1) is 9.67. The Bertz CT molecular complexity index is 470. The number of ketones is 2. The number of unbranched alkanes of at least 4 members (excludes halogenated alkanes) is 1. The van der Waals surface area contributed by atoms with Crippen molar-refractivity contribution in [3.8, 4) is 0 Å². The van der Waals surface area contributed by atoms with Crippen LogP contribution in [0.4, 0.5) is 0 Å². The molecule has 2 heteroatoms. The van der Waals surface area contributed by atoms with Gasteiger partial charge in [-0.2, -0.15) is 0 Å². The Morgan fingerprint density at radius 3 is 1.50 bits per heavy atom. The zero-order chi connectivity index (χ0) is 14.5. The molecule has 0 bridgehead atoms. The molecule has 0 amide bonds. The first-order valence-corrected chi connectivity index (χ1v) is 7.42. The standard InChI is InChI=1S/C18H22O2/c1-3-13-9-11-17(19)15(13)7-5-6-8-16-14(4-2)10-12-18(16)20/h3-4H,1-2,5-12H2. The minimum Gasteiger partial charge on any atom is -0.295 e. The summed E-state index contributed by atoms with van der Waals surface area (Å²) < 4.78 is 0. The lowest BCUT2D eigenvalue weighted by atomic mass is 9.99. The molecule has 0 saturated heterocycles. The van der Waals surface area contributed by atoms with E-state index in [0.29, 0.717) is 12.8 Å². The third-order valence-electron chi connectivity index (χ3n) is 4.29. The van der Waals surface area contributed by atoms with E-state index >= 15 is 0 Å². The molecule has 0 atom stereocenters. The van der Waals surface area contributed by atoms with Gasteiger partial charge in [0.2, 0.25) is 0 Å². The summed E-state index contributed by atoms with van der Waals surface area (Å²) in [7, 11) is 0. The van der Waals surface area contributed by atoms with Crippen molar-refractivity contribution in [3.63, 3.8) is 0 Å². The van der Waals surface area contributed by atoms with Crippen molar-refractivity contribution >= 4 is 11.6 Å². The fourth-order valence-electron chi connectivity index (χ4n) is 3.11. The van der Waals surface area contributed by atoms with E-state index < -0.39 is 0 Å². The highest BCUT2D eigenvalue weighted by atomic mass is 16.1. The highest BCUT2D eigenvalue weighted by molar-refractivity contribution is 5.99. The Morgan fingerprint density at radius 1 is 0.750 bits per heavy atom. The van der Waals surface area contributed by atoms with Crippen molar-refractivity contribution in [1.29, 1.82) is 0 Å². The summed E-state index contributed by atoms with van der Waals surface area (Å²) in [5.41, 5.74) is 4.18. The second-order valence-electron chi connectivity index (χ2n) is 5.47. The molecule has 106 valence electrons. The van der Waals surface area contributed by atoms with Crippen LogP contribution in [0.5, 0.6) is 0 Å². The number of allylic oxidation sites excluding steroid dienone is 6. The van der Waals surface area contributed by atoms with Crippen molar-refractivity contribution in [1.82, 2.24) is 0 Å². The molecule has 0 N–H and O–H groups in total. The normalized spacial score (nSPS) is 19.2. The topological polar surface area (TPSA) is 34.1 Å². The van der Waals surface area contributed by atoms with Crippen molar-refractivity contribution < 1.29 is 9.59 Å². The smallest absolute Gasteiger partial charge is 0.159 e. The second kappa shape index (κ2) is 6.65. The fourth-order valence-corrected chi connectivity index (χ4v) is 3.11. The maximum atomic E-state index is 11.8. The summed E-state index contributed by atoms with van der Waals surface area (Å²) in [4.78, 5) is 23.5. The molecule has 0 unspecified atom stereocenters. The van der Waals surface area contributed by atoms with Crippen LogP contribution in [0.25, 0.3) is 0 Å². The molecule has 0 radical (unpaired) electrons. The second-order valence-corrected chi connectivity index (χ2v) is 5.47. The molecule has 0 heterocycles. The summed E-state index contributed by atoms with van der Waals surface area (Å²) in [6, 6.07) is 0. The molecule has 0 saturated carbocycles. The number of rotatable bonds is 7. The van der Waals surface area contributed by atoms with Crippen molar-refractivity contribution in [2.45, 2.75) is 51.4 Å². The quantitative estimate of drug-likeness (QED) is 0.648. The van der Waals surface area contributed by atoms with Gasteiger partial charge in [-0.1, -0.05) is 25.3 Å². The molecule has 0 fully saturated rings. The number of carbonyl (C=O) groups is 2. The zero-order valence-corrected chi connectivity index (χ0v) is 12.0. The van der Waals surface area contributed by atoms with Crippen molar-refractivity contribution in [3.05, 3.63) is 47.6 Å². The van der Waals surface area contributed by atoms with Gasteiger partial charge in [-0.05, 0) is 60.8 Å². The van der Waals surface area contributed by atoms with Crippen LogP contribution in [0, 0.1) is 0 Å². The van der Waals surface area contributed by atoms with Crippen LogP contribution in [0.2, 0.25) is 0 Å². The number of hydrogen-bond acceptors (Lipinski definition) is 2. The molecule has 2 aliphatic carbocycles. The van der Waals surface area contributed by atoms with Gasteiger partial charge in [-0.25, -0.2) is 0 Å². The maximum absolute atomic E-state index is 11.8. The minimum atomic E-state index is 0.280. The van der Waals surface area contributed by atoms with Crippen LogP contribution >= 0.6 is 0 Å². The van der Waals surface area contributed by atoms with E-state index in [-0.39, 0.29) is 11.6 Å². The van der Waals surface area contributed by atoms with Gasteiger partial charge < -0.3 is 0 Å². The molecular formula is C18H22O2. The fraction of sp³-hybridized carbons (Fsp3) is 0.444. The van der Waals surface area contributed by atoms with Gasteiger partial charge in [0.25, 0.3) is 0 Å². The predicted octanol–water partition coefficient (Wildman–Crippen LogP) is 4.24. The lowest BCUT2D eigenvalue weighted by Gasteiger charge is -2.05. The van der Waals surface area contributed by atoms with E-state index in [0.717, 1.165) is 60.8 Å². The number of Topliss-reactive ketones (excluding diaryl/α,β-unsaturated/α-hetero) is 2. The van der Waals surface area contributed by atoms with Crippen LogP contribution in [0.1, 0.15) is 51.4 Å². The molecule has 2 nitrogen and oxygen atoms in total. The first kappa shape index (κ1) is 14.7. The Labute approximate surface area is 120 Å². The van der Waals surface area contributed by atoms with E-state index in [4.69, 9.17) is 0 Å². The highest BCUT2D eigenvalue weighted by Gasteiger charge is 2.22. The lowest BCUT2D eigenvalue weighted by Crippen LogP contribution is -1.99. The van der Waals surface area contributed by atoms with Crippen LogP contribution in [-0.4, -0.2) is 11.6 Å². The number of hydrogen-bond donors (Lipinski definition) is 0. The number of carbonyl (C=O) groups excluding carboxylic acids is 2. The van der Waals surface area contributed by atoms with Gasteiger partial charge in [0.05, 0.1) is 0 Å². The van der Waals surface area contributed by atoms with Crippen LogP contribution < -0.4 is 0 Å². The van der Waals surface area contributed by atoms with Crippen molar-refractivity contribution in [2.24, 2.45) is 0 Å². The largest absolute Gasteiger partial charge is 0.295 e. The molecule has 0 spiro atoms. The lowest BCUT2D eigenvalue weighted by molar-refractivity contribution is -0.115. The average Bonchev–Trinajstić information content (AvgIpc) is 2.98. The van der Waals surface area contributed by atoms with E-state index in [9.17, 15) is 9.59 Å². The van der Waals surface area contributed by atoms with E-state index in [1.807, 2.05) is 12.2 Å². The van der Waals surface area contributed by atoms with Crippen molar-refractivity contribution in [2.75, 3.05) is 0 Å². The summed E-state index contributed by atoms with van der Waals surface area (Å²) in [6.45, 7) is 7.55. The van der Waals surface area contributed by atoms with Gasteiger partial charge in [0.1, 0.15) is 0 Å². The molecule has 0 aromatic heterocycles. The SMILES string of the molecule is C=CC1=C(CCCCC2=C(C=C)CCC2=O)C(=O)CC1. The summed E-state index contributed by atoms with van der Waals surface area (Å²) in [6.07, 6.45) is 10.2. The molecule has 20 heavy (non-hydrogen) atoms. The van der Waals surface area contributed by atoms with Crippen LogP contribution in [0.15, 0.2) is 47.6 Å².